The Hall–Kier alpha value is -3.28. The molecular formula is C28H26F3NO5S2. The number of allylic oxidation sites excluding steroid dienone is 2. The van der Waals surface area contributed by atoms with E-state index in [1.165, 1.54) is 24.1 Å². The highest BCUT2D eigenvalue weighted by molar-refractivity contribution is 7.98. The van der Waals surface area contributed by atoms with Crippen LogP contribution < -0.4 is 0 Å². The minimum Gasteiger partial charge on any atom is -0.481 e. The van der Waals surface area contributed by atoms with Gasteiger partial charge in [0.1, 0.15) is 5.76 Å². The molecule has 11 heteroatoms. The fourth-order valence-corrected chi connectivity index (χ4v) is 6.72. The number of hydrogen-bond donors (Lipinski definition) is 1. The first-order valence-corrected chi connectivity index (χ1v) is 14.2. The lowest BCUT2D eigenvalue weighted by Crippen LogP contribution is -2.15. The zero-order chi connectivity index (χ0) is 28.5. The van der Waals surface area contributed by atoms with Crippen LogP contribution in [0.25, 0.3) is 5.57 Å². The monoisotopic (exact) mass is 577 g/mol. The van der Waals surface area contributed by atoms with Gasteiger partial charge in [0, 0.05) is 16.8 Å². The van der Waals surface area contributed by atoms with E-state index in [0.29, 0.717) is 17.7 Å². The average Bonchev–Trinajstić information content (AvgIpc) is 3.40. The van der Waals surface area contributed by atoms with Crippen molar-refractivity contribution in [1.29, 1.82) is 0 Å². The molecule has 6 nitrogen and oxygen atoms in total. The molecule has 0 bridgehead atoms. The topological polar surface area (TPSA) is 87.8 Å². The highest BCUT2D eigenvalue weighted by Gasteiger charge is 2.35. The Morgan fingerprint density at radius 2 is 1.64 bits per heavy atom. The molecule has 0 radical (unpaired) electrons. The zero-order valence-corrected chi connectivity index (χ0v) is 23.0. The molecular weight excluding hydrogens is 551 g/mol. The first-order valence-electron chi connectivity index (χ1n) is 11.9. The van der Waals surface area contributed by atoms with E-state index in [4.69, 9.17) is 9.52 Å². The summed E-state index contributed by atoms with van der Waals surface area (Å²) < 4.78 is 70.8. The summed E-state index contributed by atoms with van der Waals surface area (Å²) in [5, 5.41) is 10.0. The number of halogens is 3. The molecule has 206 valence electrons. The summed E-state index contributed by atoms with van der Waals surface area (Å²) in [7, 11) is -3.78. The lowest BCUT2D eigenvalue weighted by atomic mass is 10.0. The van der Waals surface area contributed by atoms with Gasteiger partial charge >= 0.3 is 12.1 Å². The van der Waals surface area contributed by atoms with Crippen LogP contribution in [0.3, 0.4) is 0 Å². The predicted molar refractivity (Wildman–Crippen MR) is 143 cm³/mol. The van der Waals surface area contributed by atoms with Gasteiger partial charge in [-0.3, -0.25) is 4.79 Å². The summed E-state index contributed by atoms with van der Waals surface area (Å²) in [5.74, 6) is -2.11. The second-order valence-corrected chi connectivity index (χ2v) is 12.3. The van der Waals surface area contributed by atoms with Crippen molar-refractivity contribution in [1.82, 2.24) is 4.31 Å². The molecule has 0 saturated carbocycles. The summed E-state index contributed by atoms with van der Waals surface area (Å²) in [5.41, 5.74) is 5.05. The highest BCUT2D eigenvalue weighted by atomic mass is 32.2. The summed E-state index contributed by atoms with van der Waals surface area (Å²) in [6.07, 6.45) is -3.80. The molecule has 0 fully saturated rings. The number of carboxylic acid groups (broad SMARTS) is 1. The number of benzene rings is 2. The summed E-state index contributed by atoms with van der Waals surface area (Å²) in [6, 6.07) is 13.4. The van der Waals surface area contributed by atoms with Crippen LogP contribution in [0.15, 0.2) is 74.2 Å². The third-order valence-corrected chi connectivity index (χ3v) is 8.93. The van der Waals surface area contributed by atoms with E-state index in [1.807, 2.05) is 37.2 Å². The zero-order valence-electron chi connectivity index (χ0n) is 21.4. The summed E-state index contributed by atoms with van der Waals surface area (Å²) >= 11 is 1.43. The maximum atomic E-state index is 13.1. The largest absolute Gasteiger partial charge is 0.481 e. The molecule has 1 aliphatic heterocycles. The first kappa shape index (κ1) is 28.7. The standard InChI is InChI=1S/C28H26F3NO5S2/c1-17-10-18(2)27(19(3)11-17)38-32(15-23-8-9-25(37-23)28(29,30)31)14-20-4-6-21(7-5-20)22-12-24(13-26(33)34)39(35,36)16-22/h4-12,16H,13-15H2,1-3H3,(H,33,34). The first-order chi connectivity index (χ1) is 18.2. The van der Waals surface area contributed by atoms with Crippen molar-refractivity contribution in [2.24, 2.45) is 0 Å². The molecule has 0 amide bonds. The van der Waals surface area contributed by atoms with Crippen molar-refractivity contribution in [3.63, 3.8) is 0 Å². The molecule has 1 aliphatic rings. The van der Waals surface area contributed by atoms with Crippen molar-refractivity contribution < 1.29 is 35.9 Å². The van der Waals surface area contributed by atoms with E-state index in [2.05, 4.69) is 0 Å². The van der Waals surface area contributed by atoms with E-state index in [0.717, 1.165) is 38.6 Å². The van der Waals surface area contributed by atoms with Gasteiger partial charge in [-0.1, -0.05) is 42.0 Å². The second kappa shape index (κ2) is 11.1. The number of aliphatic carboxylic acids is 1. The van der Waals surface area contributed by atoms with Gasteiger partial charge in [-0.05, 0) is 78.8 Å². The van der Waals surface area contributed by atoms with Crippen LogP contribution in [0.2, 0.25) is 0 Å². The van der Waals surface area contributed by atoms with Crippen molar-refractivity contribution in [3.05, 3.63) is 104 Å². The van der Waals surface area contributed by atoms with Crippen LogP contribution in [0.1, 0.15) is 45.8 Å². The Labute approximate surface area is 228 Å². The Morgan fingerprint density at radius 1 is 1.00 bits per heavy atom. The Balaban J connectivity index is 1.59. The van der Waals surface area contributed by atoms with E-state index in [9.17, 15) is 26.4 Å². The summed E-state index contributed by atoms with van der Waals surface area (Å²) in [4.78, 5) is 11.8. The summed E-state index contributed by atoms with van der Waals surface area (Å²) in [6.45, 7) is 6.44. The highest BCUT2D eigenvalue weighted by Crippen LogP contribution is 2.36. The van der Waals surface area contributed by atoms with Gasteiger partial charge in [0.2, 0.25) is 5.76 Å². The molecule has 0 saturated heterocycles. The molecule has 0 aliphatic carbocycles. The number of sulfone groups is 1. The van der Waals surface area contributed by atoms with Gasteiger partial charge < -0.3 is 9.52 Å². The smallest absolute Gasteiger partial charge is 0.449 e. The van der Waals surface area contributed by atoms with Crippen LogP contribution in [0, 0.1) is 20.8 Å². The molecule has 2 heterocycles. The number of aryl methyl sites for hydroxylation is 3. The minimum atomic E-state index is -4.57. The second-order valence-electron chi connectivity index (χ2n) is 9.38. The lowest BCUT2D eigenvalue weighted by molar-refractivity contribution is -0.153. The molecule has 0 spiro atoms. The Kier molecular flexibility index (Phi) is 8.15. The molecule has 39 heavy (non-hydrogen) atoms. The number of hydrogen-bond acceptors (Lipinski definition) is 6. The Morgan fingerprint density at radius 3 is 2.21 bits per heavy atom. The SMILES string of the molecule is Cc1cc(C)c(SN(Cc2ccc(C3=CS(=O)(=O)C(CC(=O)O)=C3)cc2)Cc2ccc(C(F)(F)F)o2)c(C)c1. The molecule has 1 N–H and O–H groups in total. The lowest BCUT2D eigenvalue weighted by Gasteiger charge is -2.23. The average molecular weight is 578 g/mol. The molecule has 3 aromatic rings. The number of alkyl halides is 3. The van der Waals surface area contributed by atoms with Crippen molar-refractivity contribution in [3.8, 4) is 0 Å². The van der Waals surface area contributed by atoms with Crippen molar-refractivity contribution in [2.45, 2.75) is 51.4 Å². The Bertz CT molecular complexity index is 1550. The van der Waals surface area contributed by atoms with E-state index in [1.54, 1.807) is 24.3 Å². The fourth-order valence-electron chi connectivity index (χ4n) is 4.34. The number of rotatable bonds is 9. The fraction of sp³-hybridized carbons (Fsp3) is 0.250. The third kappa shape index (κ3) is 7.03. The van der Waals surface area contributed by atoms with E-state index in [-0.39, 0.29) is 17.2 Å². The van der Waals surface area contributed by atoms with Gasteiger partial charge in [0.25, 0.3) is 0 Å². The van der Waals surface area contributed by atoms with E-state index < -0.39 is 34.2 Å². The molecule has 4 rings (SSSR count). The molecule has 0 unspecified atom stereocenters. The number of carbonyl (C=O) groups is 1. The van der Waals surface area contributed by atoms with Crippen molar-refractivity contribution >= 4 is 33.3 Å². The van der Waals surface area contributed by atoms with Gasteiger partial charge in [0.15, 0.2) is 9.84 Å². The van der Waals surface area contributed by atoms with Gasteiger partial charge in [-0.2, -0.15) is 13.2 Å². The van der Waals surface area contributed by atoms with Crippen LogP contribution >= 0.6 is 11.9 Å². The van der Waals surface area contributed by atoms with E-state index >= 15 is 0 Å². The quantitative estimate of drug-likeness (QED) is 0.272. The number of nitrogens with zero attached hydrogens (tertiary/aromatic N) is 1. The maximum absolute atomic E-state index is 13.1. The maximum Gasteiger partial charge on any atom is 0.449 e. The van der Waals surface area contributed by atoms with Gasteiger partial charge in [-0.25, -0.2) is 12.7 Å². The number of carboxylic acids is 1. The van der Waals surface area contributed by atoms with Crippen molar-refractivity contribution in [2.75, 3.05) is 0 Å². The van der Waals surface area contributed by atoms with Gasteiger partial charge in [-0.15, -0.1) is 0 Å². The van der Waals surface area contributed by atoms with Crippen LogP contribution in [0.4, 0.5) is 13.2 Å². The van der Waals surface area contributed by atoms with Crippen LogP contribution in [0.5, 0.6) is 0 Å². The molecule has 2 aromatic carbocycles. The third-order valence-electron chi connectivity index (χ3n) is 6.03. The normalized spacial score (nSPS) is 14.9. The molecule has 0 atom stereocenters. The predicted octanol–water partition coefficient (Wildman–Crippen LogP) is 7.06. The van der Waals surface area contributed by atoms with Gasteiger partial charge in [0.05, 0.1) is 17.9 Å². The number of furan rings is 1. The molecule has 1 aromatic heterocycles. The minimum absolute atomic E-state index is 0.111. The van der Waals surface area contributed by atoms with Crippen LogP contribution in [-0.4, -0.2) is 23.8 Å². The van der Waals surface area contributed by atoms with Crippen LogP contribution in [-0.2, 0) is 33.9 Å².